The summed E-state index contributed by atoms with van der Waals surface area (Å²) in [5, 5.41) is 18.3. The van der Waals surface area contributed by atoms with E-state index in [0.29, 0.717) is 6.07 Å². The lowest BCUT2D eigenvalue weighted by Gasteiger charge is -2.10. The van der Waals surface area contributed by atoms with Crippen LogP contribution in [0.15, 0.2) is 20.1 Å². The molecule has 0 fully saturated rings. The monoisotopic (exact) mass is 256 g/mol. The predicted molar refractivity (Wildman–Crippen MR) is 44.3 cm³/mol. The highest BCUT2D eigenvalue weighted by atomic mass is 32.2. The average molecular weight is 256 g/mol. The molecule has 0 aliphatic carbocycles. The van der Waals surface area contributed by atoms with Crippen molar-refractivity contribution in [3.05, 3.63) is 6.07 Å². The van der Waals surface area contributed by atoms with Crippen LogP contribution in [0.1, 0.15) is 0 Å². The molecule has 0 bridgehead atoms. The molecule has 1 atom stereocenters. The van der Waals surface area contributed by atoms with Gasteiger partial charge in [0.05, 0.1) is 0 Å². The highest BCUT2D eigenvalue weighted by Gasteiger charge is 2.42. The van der Waals surface area contributed by atoms with Gasteiger partial charge in [0, 0.05) is 6.07 Å². The number of phenolic OH excluding ortho intramolecular Hbond substituents is 2. The zero-order valence-electron chi connectivity index (χ0n) is 7.24. The smallest absolute Gasteiger partial charge is 0.476 e. The van der Waals surface area contributed by atoms with Crippen LogP contribution in [-0.2, 0) is 10.8 Å². The first kappa shape index (κ1) is 10.9. The van der Waals surface area contributed by atoms with Gasteiger partial charge in [0.25, 0.3) is 5.58 Å². The second-order valence-electron chi connectivity index (χ2n) is 2.78. The molecular weight excluding hydrogens is 253 g/mol. The molecule has 0 saturated carbocycles. The zero-order chi connectivity index (χ0) is 12.1. The highest BCUT2D eigenvalue weighted by Crippen LogP contribution is 2.42. The van der Waals surface area contributed by atoms with Crippen LogP contribution in [-0.4, -0.2) is 19.9 Å². The van der Waals surface area contributed by atoms with E-state index in [1.54, 1.807) is 0 Å². The fraction of sp³-hybridized carbons (Fsp3) is 0.143. The summed E-state index contributed by atoms with van der Waals surface area (Å²) in [6.07, 6.45) is 0. The molecule has 16 heavy (non-hydrogen) atoms. The minimum Gasteiger partial charge on any atom is -0.506 e. The van der Waals surface area contributed by atoms with Gasteiger partial charge in [-0.25, -0.2) is 4.21 Å². The molecule has 1 aromatic carbocycles. The zero-order valence-corrected chi connectivity index (χ0v) is 8.06. The summed E-state index contributed by atoms with van der Waals surface area (Å²) in [5.41, 5.74) is -6.00. The molecule has 1 unspecified atom stereocenters. The van der Waals surface area contributed by atoms with E-state index in [4.69, 9.17) is 5.11 Å². The van der Waals surface area contributed by atoms with Crippen LogP contribution in [0.2, 0.25) is 0 Å². The molecule has 0 radical (unpaired) electrons. The third-order valence-electron chi connectivity index (χ3n) is 1.76. The first-order chi connectivity index (χ1) is 7.32. The maximum Gasteiger partial charge on any atom is 0.476 e. The van der Waals surface area contributed by atoms with Gasteiger partial charge in [0.1, 0.15) is 10.6 Å². The summed E-state index contributed by atoms with van der Waals surface area (Å²) in [5.74, 6) is -1.57. The fourth-order valence-corrected chi connectivity index (χ4v) is 1.87. The lowest BCUT2D eigenvalue weighted by Crippen LogP contribution is -2.16. The summed E-state index contributed by atoms with van der Waals surface area (Å²) in [7, 11) is -3.46. The van der Waals surface area contributed by atoms with Crippen molar-refractivity contribution >= 4 is 22.0 Å². The maximum atomic E-state index is 12.2. The van der Waals surface area contributed by atoms with Crippen molar-refractivity contribution in [3.8, 4) is 11.5 Å². The normalized spacial score (nSPS) is 14.4. The highest BCUT2D eigenvalue weighted by molar-refractivity contribution is 7.86. The topological polar surface area (TPSA) is 83.8 Å². The van der Waals surface area contributed by atoms with Gasteiger partial charge in [-0.05, 0) is 0 Å². The Morgan fingerprint density at radius 3 is 2.12 bits per heavy atom. The van der Waals surface area contributed by atoms with E-state index < -0.39 is 38.3 Å². The standard InChI is InChI=1S/C7H3F3O5S/c8-7(9,10)16(13)6-3(12)1-2(11)4-5(6)15-14-4/h1,11-12H. The van der Waals surface area contributed by atoms with Crippen LogP contribution in [0.25, 0.3) is 11.2 Å². The summed E-state index contributed by atoms with van der Waals surface area (Å²) >= 11 is 0. The molecule has 1 heterocycles. The number of aromatic hydroxyl groups is 2. The number of hydrogen-bond donors (Lipinski definition) is 2. The molecule has 0 spiro atoms. The molecule has 2 N–H and O–H groups in total. The third-order valence-corrected chi connectivity index (χ3v) is 2.94. The Hall–Kier alpha value is -1.64. The number of hydrogen-bond acceptors (Lipinski definition) is 5. The Bertz CT molecular complexity index is 566. The first-order valence-electron chi connectivity index (χ1n) is 3.74. The fourth-order valence-electron chi connectivity index (χ4n) is 1.10. The predicted octanol–water partition coefficient (Wildman–Crippen LogP) is 2.06. The number of benzene rings is 1. The number of rotatable bonds is 1. The molecule has 88 valence electrons. The molecule has 0 aliphatic heterocycles. The summed E-state index contributed by atoms with van der Waals surface area (Å²) < 4.78 is 55.9. The van der Waals surface area contributed by atoms with Crippen molar-refractivity contribution in [2.45, 2.75) is 10.4 Å². The average Bonchev–Trinajstić information content (AvgIpc) is 2.06. The van der Waals surface area contributed by atoms with Crippen molar-refractivity contribution in [3.63, 3.8) is 0 Å². The van der Waals surface area contributed by atoms with Gasteiger partial charge >= 0.3 is 5.51 Å². The first-order valence-corrected chi connectivity index (χ1v) is 4.89. The van der Waals surface area contributed by atoms with E-state index in [2.05, 4.69) is 9.15 Å². The summed E-state index contributed by atoms with van der Waals surface area (Å²) in [6, 6.07) is 0.598. The number of fused-ring (bicyclic) bond motifs is 1. The second-order valence-corrected chi connectivity index (χ2v) is 4.19. The Morgan fingerprint density at radius 2 is 1.69 bits per heavy atom. The maximum absolute atomic E-state index is 12.2. The van der Waals surface area contributed by atoms with Crippen LogP contribution < -0.4 is 0 Å². The van der Waals surface area contributed by atoms with Gasteiger partial charge < -0.3 is 10.2 Å². The lowest BCUT2D eigenvalue weighted by atomic mass is 10.3. The minimum atomic E-state index is -5.04. The van der Waals surface area contributed by atoms with Crippen molar-refractivity contribution in [1.29, 1.82) is 0 Å². The van der Waals surface area contributed by atoms with Crippen molar-refractivity contribution < 1.29 is 36.7 Å². The molecule has 0 amide bonds. The Labute approximate surface area is 87.5 Å². The molecule has 2 aromatic rings. The van der Waals surface area contributed by atoms with E-state index >= 15 is 0 Å². The van der Waals surface area contributed by atoms with Gasteiger partial charge in [0.2, 0.25) is 5.58 Å². The quantitative estimate of drug-likeness (QED) is 0.763. The van der Waals surface area contributed by atoms with Crippen molar-refractivity contribution in [2.24, 2.45) is 0 Å². The van der Waals surface area contributed by atoms with Gasteiger partial charge in [0.15, 0.2) is 16.5 Å². The summed E-state index contributed by atoms with van der Waals surface area (Å²) in [4.78, 5) is -0.966. The Kier molecular flexibility index (Phi) is 2.15. The number of alkyl halides is 3. The van der Waals surface area contributed by atoms with E-state index in [0.717, 1.165) is 0 Å². The van der Waals surface area contributed by atoms with Crippen LogP contribution in [0, 0.1) is 0 Å². The van der Waals surface area contributed by atoms with Gasteiger partial charge in [-0.1, -0.05) is 0 Å². The van der Waals surface area contributed by atoms with E-state index in [1.165, 1.54) is 0 Å². The van der Waals surface area contributed by atoms with Crippen LogP contribution in [0.5, 0.6) is 11.5 Å². The minimum absolute atomic E-state index is 0.384. The molecule has 0 saturated heterocycles. The molecular formula is C7H3F3O5S. The third kappa shape index (κ3) is 1.43. The molecule has 0 aliphatic rings. The largest absolute Gasteiger partial charge is 0.506 e. The van der Waals surface area contributed by atoms with Crippen LogP contribution in [0.3, 0.4) is 0 Å². The molecule has 5 nitrogen and oxygen atoms in total. The van der Waals surface area contributed by atoms with Crippen molar-refractivity contribution in [1.82, 2.24) is 0 Å². The Balaban J connectivity index is 2.67. The van der Waals surface area contributed by atoms with E-state index in [1.807, 2.05) is 0 Å². The molecule has 9 heteroatoms. The Morgan fingerprint density at radius 1 is 1.12 bits per heavy atom. The van der Waals surface area contributed by atoms with Crippen LogP contribution in [0.4, 0.5) is 13.2 Å². The second kappa shape index (κ2) is 3.17. The van der Waals surface area contributed by atoms with Gasteiger partial charge in [-0.15, -0.1) is 0 Å². The van der Waals surface area contributed by atoms with E-state index in [-0.39, 0.29) is 5.58 Å². The van der Waals surface area contributed by atoms with Gasteiger partial charge in [-0.3, -0.25) is 9.15 Å². The lowest BCUT2D eigenvalue weighted by molar-refractivity contribution is -0.0387. The molecule has 2 rings (SSSR count). The van der Waals surface area contributed by atoms with Gasteiger partial charge in [-0.2, -0.15) is 13.2 Å². The van der Waals surface area contributed by atoms with Crippen molar-refractivity contribution in [2.75, 3.05) is 0 Å². The number of phenols is 2. The summed E-state index contributed by atoms with van der Waals surface area (Å²) in [6.45, 7) is 0. The SMILES string of the molecule is O=S(c1c(O)cc(O)c2ooc12)C(F)(F)F. The number of halogens is 3. The van der Waals surface area contributed by atoms with E-state index in [9.17, 15) is 22.5 Å². The molecule has 1 aromatic heterocycles. The van der Waals surface area contributed by atoms with Crippen LogP contribution >= 0.6 is 0 Å².